The normalized spacial score (nSPS) is 12.5. The summed E-state index contributed by atoms with van der Waals surface area (Å²) in [6.07, 6.45) is 0.874. The molecule has 0 radical (unpaired) electrons. The second-order valence-corrected chi connectivity index (χ2v) is 4.22. The fourth-order valence-electron chi connectivity index (χ4n) is 1.60. The van der Waals surface area contributed by atoms with Crippen LogP contribution in [0, 0.1) is 13.8 Å². The van der Waals surface area contributed by atoms with Gasteiger partial charge in [-0.2, -0.15) is 0 Å². The number of rotatable bonds is 4. The van der Waals surface area contributed by atoms with Gasteiger partial charge >= 0.3 is 0 Å². The van der Waals surface area contributed by atoms with Gasteiger partial charge in [0.2, 0.25) is 0 Å². The fourth-order valence-corrected chi connectivity index (χ4v) is 1.60. The van der Waals surface area contributed by atoms with Gasteiger partial charge in [0.25, 0.3) is 0 Å². The predicted octanol–water partition coefficient (Wildman–Crippen LogP) is 2.77. The summed E-state index contributed by atoms with van der Waals surface area (Å²) in [7, 11) is 0. The molecule has 82 valence electrons. The topological polar surface area (TPSA) is 38.0 Å². The van der Waals surface area contributed by atoms with Crippen LogP contribution in [-0.2, 0) is 0 Å². The lowest BCUT2D eigenvalue weighted by atomic mass is 9.97. The lowest BCUT2D eigenvalue weighted by Crippen LogP contribution is -2.28. The van der Waals surface area contributed by atoms with Crippen LogP contribution in [0.15, 0.2) is 30.4 Å². The maximum absolute atomic E-state index is 5.55. The molecule has 1 atom stereocenters. The monoisotopic (exact) mass is 204 g/mol. The van der Waals surface area contributed by atoms with Gasteiger partial charge in [-0.05, 0) is 43.9 Å². The van der Waals surface area contributed by atoms with Crippen LogP contribution in [0.2, 0.25) is 0 Å². The lowest BCUT2D eigenvalue weighted by Gasteiger charge is -2.17. The van der Waals surface area contributed by atoms with E-state index in [0.29, 0.717) is 0 Å². The number of aryl methyl sites for hydroxylation is 2. The number of nitrogens with one attached hydrogen (secondary N) is 1. The summed E-state index contributed by atoms with van der Waals surface area (Å²) in [6.45, 7) is 10.2. The van der Waals surface area contributed by atoms with Gasteiger partial charge in [0.05, 0.1) is 0 Å². The molecule has 1 unspecified atom stereocenters. The predicted molar refractivity (Wildman–Crippen MR) is 65.4 cm³/mol. The summed E-state index contributed by atoms with van der Waals surface area (Å²) < 4.78 is 0. The molecule has 3 N–H and O–H groups in total. The number of benzene rings is 1. The highest BCUT2D eigenvalue weighted by Crippen LogP contribution is 2.21. The Morgan fingerprint density at radius 3 is 2.53 bits per heavy atom. The minimum atomic E-state index is 0.168. The molecule has 0 saturated carbocycles. The van der Waals surface area contributed by atoms with Crippen LogP contribution in [0.4, 0.5) is 0 Å². The Morgan fingerprint density at radius 2 is 2.07 bits per heavy atom. The summed E-state index contributed by atoms with van der Waals surface area (Å²) in [5.74, 6) is 5.55. The first-order chi connectivity index (χ1) is 7.04. The Balaban J connectivity index is 2.92. The van der Waals surface area contributed by atoms with Crippen molar-refractivity contribution in [1.29, 1.82) is 0 Å². The van der Waals surface area contributed by atoms with E-state index in [-0.39, 0.29) is 6.04 Å². The molecule has 0 heterocycles. The van der Waals surface area contributed by atoms with E-state index in [2.05, 4.69) is 44.1 Å². The molecular weight excluding hydrogens is 184 g/mol. The number of nitrogens with two attached hydrogens (primary N) is 1. The molecule has 0 fully saturated rings. The van der Waals surface area contributed by atoms with Gasteiger partial charge in [-0.3, -0.25) is 11.3 Å². The molecule has 15 heavy (non-hydrogen) atoms. The maximum Gasteiger partial charge on any atom is 0.0496 e. The third kappa shape index (κ3) is 3.18. The van der Waals surface area contributed by atoms with Crippen molar-refractivity contribution in [3.8, 4) is 0 Å². The van der Waals surface area contributed by atoms with E-state index in [4.69, 9.17) is 5.84 Å². The van der Waals surface area contributed by atoms with E-state index < -0.39 is 0 Å². The SMILES string of the molecule is C=C(C)CC(NN)c1ccc(C)c(C)c1. The first kappa shape index (κ1) is 12.0. The Kier molecular flexibility index (Phi) is 4.06. The highest BCUT2D eigenvalue weighted by atomic mass is 15.2. The van der Waals surface area contributed by atoms with Crippen molar-refractivity contribution in [1.82, 2.24) is 5.43 Å². The highest BCUT2D eigenvalue weighted by Gasteiger charge is 2.09. The van der Waals surface area contributed by atoms with Crippen LogP contribution in [0.3, 0.4) is 0 Å². The van der Waals surface area contributed by atoms with Gasteiger partial charge in [-0.15, -0.1) is 6.58 Å². The van der Waals surface area contributed by atoms with Crippen molar-refractivity contribution in [2.24, 2.45) is 5.84 Å². The van der Waals surface area contributed by atoms with Crippen LogP contribution < -0.4 is 11.3 Å². The smallest absolute Gasteiger partial charge is 0.0496 e. The minimum absolute atomic E-state index is 0.168. The summed E-state index contributed by atoms with van der Waals surface area (Å²) in [5.41, 5.74) is 7.81. The molecule has 0 spiro atoms. The van der Waals surface area contributed by atoms with Crippen molar-refractivity contribution < 1.29 is 0 Å². The highest BCUT2D eigenvalue weighted by molar-refractivity contribution is 5.32. The Hall–Kier alpha value is -1.12. The molecular formula is C13H20N2. The quantitative estimate of drug-likeness (QED) is 0.449. The maximum atomic E-state index is 5.55. The zero-order chi connectivity index (χ0) is 11.4. The lowest BCUT2D eigenvalue weighted by molar-refractivity contribution is 0.550. The largest absolute Gasteiger partial charge is 0.271 e. The number of hydrogen-bond donors (Lipinski definition) is 2. The van der Waals surface area contributed by atoms with Crippen molar-refractivity contribution in [2.45, 2.75) is 33.2 Å². The molecule has 1 aromatic carbocycles. The molecule has 0 amide bonds. The molecule has 0 aliphatic heterocycles. The third-order valence-corrected chi connectivity index (χ3v) is 2.69. The third-order valence-electron chi connectivity index (χ3n) is 2.69. The summed E-state index contributed by atoms with van der Waals surface area (Å²) in [4.78, 5) is 0. The summed E-state index contributed by atoms with van der Waals surface area (Å²) >= 11 is 0. The van der Waals surface area contributed by atoms with Crippen LogP contribution in [0.1, 0.15) is 36.1 Å². The molecule has 1 aromatic rings. The average Bonchev–Trinajstić information content (AvgIpc) is 2.18. The molecule has 0 saturated heterocycles. The standard InChI is InChI=1S/C13H20N2/c1-9(2)7-13(15-14)12-6-5-10(3)11(4)8-12/h5-6,8,13,15H,1,7,14H2,2-4H3. The van der Waals surface area contributed by atoms with Gasteiger partial charge in [-0.1, -0.05) is 23.8 Å². The molecule has 0 aromatic heterocycles. The first-order valence-corrected chi connectivity index (χ1v) is 5.22. The van der Waals surface area contributed by atoms with Crippen LogP contribution in [-0.4, -0.2) is 0 Å². The second kappa shape index (κ2) is 5.10. The Bertz CT molecular complexity index is 356. The van der Waals surface area contributed by atoms with Crippen molar-refractivity contribution in [2.75, 3.05) is 0 Å². The van der Waals surface area contributed by atoms with Crippen LogP contribution in [0.5, 0.6) is 0 Å². The molecule has 2 nitrogen and oxygen atoms in total. The molecule has 0 aliphatic carbocycles. The van der Waals surface area contributed by atoms with E-state index >= 15 is 0 Å². The molecule has 2 heteroatoms. The van der Waals surface area contributed by atoms with Crippen molar-refractivity contribution in [3.05, 3.63) is 47.0 Å². The summed E-state index contributed by atoms with van der Waals surface area (Å²) in [5, 5.41) is 0. The Morgan fingerprint density at radius 1 is 1.40 bits per heavy atom. The van der Waals surface area contributed by atoms with Crippen LogP contribution in [0.25, 0.3) is 0 Å². The Labute approximate surface area is 92.2 Å². The molecule has 1 rings (SSSR count). The fraction of sp³-hybridized carbons (Fsp3) is 0.385. The minimum Gasteiger partial charge on any atom is -0.271 e. The zero-order valence-corrected chi connectivity index (χ0v) is 9.80. The van der Waals surface area contributed by atoms with Crippen LogP contribution >= 0.6 is 0 Å². The van der Waals surface area contributed by atoms with E-state index in [1.807, 2.05) is 6.92 Å². The van der Waals surface area contributed by atoms with E-state index in [0.717, 1.165) is 12.0 Å². The first-order valence-electron chi connectivity index (χ1n) is 5.22. The van der Waals surface area contributed by atoms with E-state index in [1.165, 1.54) is 16.7 Å². The van der Waals surface area contributed by atoms with E-state index in [9.17, 15) is 0 Å². The van der Waals surface area contributed by atoms with Crippen molar-refractivity contribution in [3.63, 3.8) is 0 Å². The van der Waals surface area contributed by atoms with Gasteiger partial charge in [0, 0.05) is 6.04 Å². The van der Waals surface area contributed by atoms with Crippen molar-refractivity contribution >= 4 is 0 Å². The second-order valence-electron chi connectivity index (χ2n) is 4.22. The van der Waals surface area contributed by atoms with Gasteiger partial charge in [-0.25, -0.2) is 0 Å². The average molecular weight is 204 g/mol. The van der Waals surface area contributed by atoms with Gasteiger partial charge in [0.1, 0.15) is 0 Å². The van der Waals surface area contributed by atoms with Gasteiger partial charge < -0.3 is 0 Å². The zero-order valence-electron chi connectivity index (χ0n) is 9.80. The molecule has 0 bridgehead atoms. The van der Waals surface area contributed by atoms with E-state index in [1.54, 1.807) is 0 Å². The molecule has 0 aliphatic rings. The summed E-state index contributed by atoms with van der Waals surface area (Å²) in [6, 6.07) is 6.60. The number of hydrazine groups is 1. The number of hydrogen-bond acceptors (Lipinski definition) is 2. The van der Waals surface area contributed by atoms with Gasteiger partial charge in [0.15, 0.2) is 0 Å².